The number of benzene rings is 12. The van der Waals surface area contributed by atoms with Gasteiger partial charge in [-0.25, -0.2) is 4.39 Å². The number of para-hydroxylation sites is 1. The molecule has 0 aliphatic heterocycles. The molecule has 0 aliphatic carbocycles. The van der Waals surface area contributed by atoms with Gasteiger partial charge in [-0.2, -0.15) is 0 Å². The highest BCUT2D eigenvalue weighted by Gasteiger charge is 2.21. The van der Waals surface area contributed by atoms with Gasteiger partial charge in [0.25, 0.3) is 0 Å². The lowest BCUT2D eigenvalue weighted by atomic mass is 10.1. The molecular weight excluding hydrogens is 2030 g/mol. The molecule has 7 N–H and O–H groups in total. The highest BCUT2D eigenvalue weighted by molar-refractivity contribution is 9.11. The van der Waals surface area contributed by atoms with Gasteiger partial charge in [0.15, 0.2) is 0 Å². The molecule has 12 aromatic carbocycles. The van der Waals surface area contributed by atoms with Gasteiger partial charge in [-0.05, 0) is 385 Å². The van der Waals surface area contributed by atoms with Crippen LogP contribution in [0.2, 0.25) is 0 Å². The van der Waals surface area contributed by atoms with Gasteiger partial charge in [0, 0.05) is 89.1 Å². The van der Waals surface area contributed by atoms with E-state index in [1.165, 1.54) is 56.1 Å². The predicted octanol–water partition coefficient (Wildman–Crippen LogP) is 29.7. The van der Waals surface area contributed by atoms with Crippen molar-refractivity contribution < 1.29 is 71.4 Å². The molecule has 0 saturated heterocycles. The van der Waals surface area contributed by atoms with Gasteiger partial charge >= 0.3 is 0 Å². The summed E-state index contributed by atoms with van der Waals surface area (Å²) in [4.78, 5) is 70.1. The monoisotopic (exact) mass is 2160 g/mol. The first-order valence-electron chi connectivity index (χ1n) is 47.0. The van der Waals surface area contributed by atoms with E-state index in [1.54, 1.807) is 26.0 Å². The van der Waals surface area contributed by atoms with E-state index in [0.29, 0.717) is 88.5 Å². The third-order valence-corrected chi connectivity index (χ3v) is 25.9. The van der Waals surface area contributed by atoms with E-state index in [4.69, 9.17) is 33.2 Å². The number of aryl methyl sites for hydroxylation is 16. The first kappa shape index (κ1) is 115. The van der Waals surface area contributed by atoms with Crippen molar-refractivity contribution in [2.75, 3.05) is 38.5 Å². The summed E-state index contributed by atoms with van der Waals surface area (Å²) in [5, 5.41) is 26.9. The Balaban J connectivity index is 0.000000228. The Kier molecular flexibility index (Phi) is 47.2. The lowest BCUT2D eigenvalue weighted by Crippen LogP contribution is -2.13. The Labute approximate surface area is 860 Å². The van der Waals surface area contributed by atoms with Crippen LogP contribution < -0.4 is 65.1 Å². The fourth-order valence-corrected chi connectivity index (χ4v) is 16.1. The van der Waals surface area contributed by atoms with Crippen LogP contribution in [0.1, 0.15) is 215 Å². The van der Waals surface area contributed by atoms with Crippen molar-refractivity contribution in [3.05, 3.63) is 340 Å². The van der Waals surface area contributed by atoms with Gasteiger partial charge in [-0.15, -0.1) is 0 Å². The van der Waals surface area contributed by atoms with E-state index in [0.717, 1.165) is 153 Å². The highest BCUT2D eigenvalue weighted by Crippen LogP contribution is 2.38. The summed E-state index contributed by atoms with van der Waals surface area (Å²) in [5.41, 5.74) is 28.6. The van der Waals surface area contributed by atoms with Crippen LogP contribution in [0.15, 0.2) is 206 Å². The molecule has 0 bridgehead atoms. The SMILES string of the molecule is CCC(=O)Nc1cccc(C)c1COc1cc(C)c(C)cc1Br.CCC(=O)Nc1cccc(C)c1COc1cc(C)c(C)cc1Br.CCC(=O)Nc1cccc(CO)c1COc1cc(C)c(C)cc1Br.CCC(=O)Nc1cccc(F)c1COc1cc(C)c(C)cc1C.CCC(=O)Nc1ccccc1COc1cc(C)c(C)cc1C.CCOc1cccc(NC(=O)CC)c1COc1cc(C)c(C)cc1Br. The van der Waals surface area contributed by atoms with E-state index < -0.39 is 0 Å². The zero-order valence-electron chi connectivity index (χ0n) is 84.9. The molecule has 25 heteroatoms. The first-order chi connectivity index (χ1) is 66.7. The summed E-state index contributed by atoms with van der Waals surface area (Å²) in [6.07, 6.45) is 2.53. The van der Waals surface area contributed by atoms with E-state index in [1.807, 2.05) is 236 Å². The van der Waals surface area contributed by atoms with Crippen molar-refractivity contribution in [2.45, 2.75) is 244 Å². The zero-order chi connectivity index (χ0) is 103. The lowest BCUT2D eigenvalue weighted by molar-refractivity contribution is -0.116. The number of carbonyl (C=O) groups excluding carboxylic acids is 6. The molecule has 744 valence electrons. The molecule has 0 heterocycles. The van der Waals surface area contributed by atoms with E-state index in [2.05, 4.69) is 175 Å². The predicted molar refractivity (Wildman–Crippen MR) is 580 cm³/mol. The van der Waals surface area contributed by atoms with Gasteiger partial charge in [0.2, 0.25) is 35.4 Å². The fourth-order valence-electron chi connectivity index (χ4n) is 13.8. The molecule has 6 amide bonds. The lowest BCUT2D eigenvalue weighted by Gasteiger charge is -2.17. The van der Waals surface area contributed by atoms with Crippen molar-refractivity contribution in [2.24, 2.45) is 0 Å². The Hall–Kier alpha value is -12.1. The summed E-state index contributed by atoms with van der Waals surface area (Å²) in [7, 11) is 0. The number of hydrogen-bond acceptors (Lipinski definition) is 14. The van der Waals surface area contributed by atoms with Gasteiger partial charge in [0.05, 0.1) is 48.0 Å². The molecule has 0 unspecified atom stereocenters. The molecule has 0 radical (unpaired) electrons. The molecular formula is C115H135Br4FN6O14. The molecule has 0 aliphatic rings. The number of nitrogens with one attached hydrogen (secondary N) is 6. The van der Waals surface area contributed by atoms with Crippen molar-refractivity contribution in [3.8, 4) is 40.2 Å². The van der Waals surface area contributed by atoms with Crippen molar-refractivity contribution in [3.63, 3.8) is 0 Å². The maximum atomic E-state index is 14.1. The van der Waals surface area contributed by atoms with Crippen LogP contribution in [0.4, 0.5) is 38.5 Å². The molecule has 0 atom stereocenters. The zero-order valence-corrected chi connectivity index (χ0v) is 91.3. The topological polar surface area (TPSA) is 259 Å². The van der Waals surface area contributed by atoms with Gasteiger partial charge in [-0.3, -0.25) is 28.8 Å². The van der Waals surface area contributed by atoms with Crippen LogP contribution in [-0.2, 0) is 75.0 Å². The molecule has 20 nitrogen and oxygen atoms in total. The fraction of sp³-hybridized carbons (Fsp3) is 0.322. The highest BCUT2D eigenvalue weighted by atomic mass is 79.9. The molecule has 12 aromatic rings. The third-order valence-electron chi connectivity index (χ3n) is 23.4. The average molecular weight is 2160 g/mol. The second kappa shape index (κ2) is 57.6. The van der Waals surface area contributed by atoms with Crippen molar-refractivity contribution in [1.82, 2.24) is 0 Å². The van der Waals surface area contributed by atoms with Gasteiger partial charge in [-0.1, -0.05) is 120 Å². The van der Waals surface area contributed by atoms with E-state index in [9.17, 15) is 38.3 Å². The number of amides is 6. The number of ether oxygens (including phenoxy) is 7. The molecule has 12 rings (SSSR count). The first-order valence-corrected chi connectivity index (χ1v) is 50.1. The second-order valence-electron chi connectivity index (χ2n) is 34.0. The van der Waals surface area contributed by atoms with Crippen molar-refractivity contribution in [1.29, 1.82) is 0 Å². The summed E-state index contributed by atoms with van der Waals surface area (Å²) in [6.45, 7) is 47.9. The van der Waals surface area contributed by atoms with Gasteiger partial charge < -0.3 is 70.2 Å². The Bertz CT molecular complexity index is 6000. The number of rotatable bonds is 33. The van der Waals surface area contributed by atoms with Crippen LogP contribution in [0.25, 0.3) is 0 Å². The van der Waals surface area contributed by atoms with Crippen LogP contribution in [0, 0.1) is 117 Å². The number of hydrogen-bond donors (Lipinski definition) is 7. The summed E-state index contributed by atoms with van der Waals surface area (Å²) < 4.78 is 59.2. The maximum Gasteiger partial charge on any atom is 0.224 e. The maximum absolute atomic E-state index is 14.1. The van der Waals surface area contributed by atoms with Crippen LogP contribution in [0.5, 0.6) is 40.2 Å². The molecule has 140 heavy (non-hydrogen) atoms. The summed E-state index contributed by atoms with van der Waals surface area (Å²) in [5.74, 6) is 4.82. The third kappa shape index (κ3) is 35.3. The van der Waals surface area contributed by atoms with Crippen LogP contribution in [0.3, 0.4) is 0 Å². The smallest absolute Gasteiger partial charge is 0.224 e. The molecule has 0 spiro atoms. The number of aliphatic hydroxyl groups is 1. The van der Waals surface area contributed by atoms with E-state index >= 15 is 0 Å². The Morgan fingerprint density at radius 3 is 0.850 bits per heavy atom. The minimum absolute atomic E-state index is 0.00390. The minimum atomic E-state index is -0.389. The molecule has 0 fully saturated rings. The molecule has 0 saturated carbocycles. The minimum Gasteiger partial charge on any atom is -0.493 e. The largest absolute Gasteiger partial charge is 0.493 e. The van der Waals surface area contributed by atoms with E-state index in [-0.39, 0.29) is 61.1 Å². The second-order valence-corrected chi connectivity index (χ2v) is 37.4. The van der Waals surface area contributed by atoms with Crippen LogP contribution >= 0.6 is 63.7 Å². The number of carbonyl (C=O) groups is 6. The standard InChI is InChI=1S/C20H24BrNO3.C19H22BrNO3.2C19H22BrNO2.C19H22FNO2.C19H23NO2/c1-5-20(23)22-17-8-7-9-18(24-6-2)15(17)12-25-19-11-14(4)13(3)10-16(19)21;1-4-19(23)21-17-7-5-6-14(10-22)15(17)11-24-18-9-13(3)12(2)8-16(18)20;2*1-5-19(22)21-17-8-6-7-12(2)15(17)11-23-18-10-14(4)13(3)9-16(18)20;1-5-19(22)21-17-8-6-7-16(20)15(17)11-23-18-10-13(3)12(2)9-14(18)4;1-5-19(21)20-17-9-7-6-8-16(17)12-22-18-11-14(3)13(2)10-15(18)4/h7-11H,5-6,12H2,1-4H3,(H,22,23);5-9,22H,4,10-11H2,1-3H3,(H,21,23);3*6-10H,5,11H2,1-4H3,(H,21,22);6-11H,5,12H2,1-4H3,(H,20,21). The number of anilines is 6. The van der Waals surface area contributed by atoms with Crippen molar-refractivity contribution >= 4 is 133 Å². The quantitative estimate of drug-likeness (QED) is 0.0202. The average Bonchev–Trinajstić information content (AvgIpc) is 0.842. The van der Waals surface area contributed by atoms with Crippen LogP contribution in [-0.4, -0.2) is 47.2 Å². The summed E-state index contributed by atoms with van der Waals surface area (Å²) >= 11 is 14.2. The van der Waals surface area contributed by atoms with Gasteiger partial charge in [0.1, 0.15) is 85.7 Å². The Morgan fingerprint density at radius 1 is 0.243 bits per heavy atom. The summed E-state index contributed by atoms with van der Waals surface area (Å²) in [6, 6.07) is 59.6. The normalized spacial score (nSPS) is 10.5. The Morgan fingerprint density at radius 2 is 0.493 bits per heavy atom. The molecule has 0 aromatic heterocycles. The number of halogens is 5. The number of aliphatic hydroxyl groups excluding tert-OH is 1.